The van der Waals surface area contributed by atoms with Gasteiger partial charge in [0.1, 0.15) is 35.8 Å². The molecule has 13 heteroatoms. The number of carbonyl (C=O) groups excluding carboxylic acids is 3. The van der Waals surface area contributed by atoms with Crippen LogP contribution in [-0.4, -0.2) is 108 Å². The zero-order valence-corrected chi connectivity index (χ0v) is 27.6. The Hall–Kier alpha value is -3.75. The van der Waals surface area contributed by atoms with E-state index in [0.717, 1.165) is 25.7 Å². The van der Waals surface area contributed by atoms with Gasteiger partial charge in [0.15, 0.2) is 0 Å². The van der Waals surface area contributed by atoms with Crippen LogP contribution in [0.4, 0.5) is 10.5 Å². The molecule has 47 heavy (non-hydrogen) atoms. The fraction of sp³-hybridized carbons (Fsp3) is 0.559. The summed E-state index contributed by atoms with van der Waals surface area (Å²) < 4.78 is 21.8. The molecular weight excluding hydrogens is 610 g/mol. The highest BCUT2D eigenvalue weighted by molar-refractivity contribution is 5.94. The Labute approximate surface area is 276 Å². The normalized spacial score (nSPS) is 21.0. The van der Waals surface area contributed by atoms with Crippen LogP contribution in [0.15, 0.2) is 54.6 Å². The molecule has 260 valence electrons. The van der Waals surface area contributed by atoms with E-state index in [2.05, 4.69) is 10.6 Å². The molecule has 0 saturated carbocycles. The van der Waals surface area contributed by atoms with Gasteiger partial charge in [-0.2, -0.15) is 0 Å². The van der Waals surface area contributed by atoms with Crippen LogP contribution in [0, 0.1) is 0 Å². The molecule has 0 aliphatic carbocycles. The standard InChI is InChI=1S/C34H49N3O10/c1-34(2,3)47-33(43)37(20-11-6-5-10-19-35-31(42)23-12-8-7-9-13-23)21-18-27(38)36-24-14-16-25(17-15-24)45-32-30(41)29(40)28(39)26(46-32)22-44-4/h7-9,12-17,26,28-30,32,39-41H,5-6,10-11,18-22H2,1-4H3,(H,35,42)(H,36,38)/t26-,28-,29+,30-,32+/m1/s1. The smallest absolute Gasteiger partial charge is 0.410 e. The minimum absolute atomic E-state index is 0.00239. The van der Waals surface area contributed by atoms with Gasteiger partial charge in [-0.05, 0) is 70.0 Å². The second-order valence-corrected chi connectivity index (χ2v) is 12.4. The highest BCUT2D eigenvalue weighted by Crippen LogP contribution is 2.25. The predicted molar refractivity (Wildman–Crippen MR) is 174 cm³/mol. The third-order valence-corrected chi connectivity index (χ3v) is 7.33. The molecule has 0 spiro atoms. The van der Waals surface area contributed by atoms with Gasteiger partial charge in [-0.1, -0.05) is 31.0 Å². The Morgan fingerprint density at radius 3 is 2.21 bits per heavy atom. The zero-order chi connectivity index (χ0) is 34.4. The average Bonchev–Trinajstić information content (AvgIpc) is 3.03. The first-order valence-electron chi connectivity index (χ1n) is 15.9. The molecular formula is C34H49N3O10. The van der Waals surface area contributed by atoms with Crippen molar-refractivity contribution in [2.45, 2.75) is 89.2 Å². The van der Waals surface area contributed by atoms with Gasteiger partial charge in [0.05, 0.1) is 6.61 Å². The Bertz CT molecular complexity index is 1260. The molecule has 3 rings (SSSR count). The molecule has 1 saturated heterocycles. The first kappa shape index (κ1) is 37.7. The summed E-state index contributed by atoms with van der Waals surface area (Å²) in [5, 5.41) is 36.2. The Balaban J connectivity index is 1.43. The number of anilines is 1. The van der Waals surface area contributed by atoms with Gasteiger partial charge in [-0.25, -0.2) is 4.79 Å². The third kappa shape index (κ3) is 12.8. The molecule has 1 fully saturated rings. The fourth-order valence-electron chi connectivity index (χ4n) is 4.82. The van der Waals surface area contributed by atoms with Gasteiger partial charge in [-0.15, -0.1) is 0 Å². The summed E-state index contributed by atoms with van der Waals surface area (Å²) in [4.78, 5) is 39.3. The average molecular weight is 660 g/mol. The minimum Gasteiger partial charge on any atom is -0.462 e. The second kappa shape index (κ2) is 18.6. The van der Waals surface area contributed by atoms with Gasteiger partial charge in [-0.3, -0.25) is 9.59 Å². The molecule has 2 aromatic carbocycles. The predicted octanol–water partition coefficient (Wildman–Crippen LogP) is 3.08. The van der Waals surface area contributed by atoms with Crippen molar-refractivity contribution in [2.24, 2.45) is 0 Å². The zero-order valence-electron chi connectivity index (χ0n) is 27.6. The molecule has 0 radical (unpaired) electrons. The molecule has 1 aliphatic rings. The lowest BCUT2D eigenvalue weighted by atomic mass is 9.99. The van der Waals surface area contributed by atoms with E-state index in [4.69, 9.17) is 18.9 Å². The van der Waals surface area contributed by atoms with Crippen LogP contribution < -0.4 is 15.4 Å². The molecule has 1 aliphatic heterocycles. The minimum atomic E-state index is -1.49. The van der Waals surface area contributed by atoms with E-state index in [0.29, 0.717) is 30.1 Å². The van der Waals surface area contributed by atoms with Crippen LogP contribution >= 0.6 is 0 Å². The number of methoxy groups -OCH3 is 1. The van der Waals surface area contributed by atoms with Gasteiger partial charge in [0.2, 0.25) is 12.2 Å². The summed E-state index contributed by atoms with van der Waals surface area (Å²) in [5.41, 5.74) is 0.435. The van der Waals surface area contributed by atoms with Gasteiger partial charge >= 0.3 is 6.09 Å². The van der Waals surface area contributed by atoms with Crippen molar-refractivity contribution >= 4 is 23.6 Å². The lowest BCUT2D eigenvalue weighted by Crippen LogP contribution is -2.60. The highest BCUT2D eigenvalue weighted by Gasteiger charge is 2.45. The first-order chi connectivity index (χ1) is 22.4. The van der Waals surface area contributed by atoms with Gasteiger partial charge < -0.3 is 49.8 Å². The number of nitrogens with one attached hydrogen (secondary N) is 2. The number of hydrogen-bond donors (Lipinski definition) is 5. The van der Waals surface area contributed by atoms with Crippen molar-refractivity contribution in [2.75, 3.05) is 38.7 Å². The lowest BCUT2D eigenvalue weighted by molar-refractivity contribution is -0.278. The van der Waals surface area contributed by atoms with Gasteiger partial charge in [0.25, 0.3) is 5.91 Å². The molecule has 0 unspecified atom stereocenters. The molecule has 1 heterocycles. The van der Waals surface area contributed by atoms with Crippen molar-refractivity contribution < 1.29 is 48.7 Å². The largest absolute Gasteiger partial charge is 0.462 e. The summed E-state index contributed by atoms with van der Waals surface area (Å²) in [5.74, 6) is -0.0924. The molecule has 3 amide bonds. The fourth-order valence-corrected chi connectivity index (χ4v) is 4.82. The van der Waals surface area contributed by atoms with Crippen LogP contribution in [0.25, 0.3) is 0 Å². The number of unbranched alkanes of at least 4 members (excludes halogenated alkanes) is 3. The topological polar surface area (TPSA) is 176 Å². The third-order valence-electron chi connectivity index (χ3n) is 7.33. The quantitative estimate of drug-likeness (QED) is 0.168. The summed E-state index contributed by atoms with van der Waals surface area (Å²) in [6.07, 6.45) is -3.62. The van der Waals surface area contributed by atoms with E-state index in [1.54, 1.807) is 57.2 Å². The molecule has 5 atom stereocenters. The van der Waals surface area contributed by atoms with E-state index in [1.165, 1.54) is 12.0 Å². The van der Waals surface area contributed by atoms with E-state index in [1.807, 2.05) is 18.2 Å². The van der Waals surface area contributed by atoms with Crippen molar-refractivity contribution in [1.82, 2.24) is 10.2 Å². The van der Waals surface area contributed by atoms with Crippen LogP contribution in [0.1, 0.15) is 63.2 Å². The van der Waals surface area contributed by atoms with Crippen molar-refractivity contribution in [3.8, 4) is 5.75 Å². The molecule has 5 N–H and O–H groups in total. The van der Waals surface area contributed by atoms with E-state index < -0.39 is 42.4 Å². The Morgan fingerprint density at radius 2 is 1.55 bits per heavy atom. The molecule has 0 bridgehead atoms. The maximum absolute atomic E-state index is 12.9. The molecule has 2 aromatic rings. The van der Waals surface area contributed by atoms with E-state index >= 15 is 0 Å². The number of rotatable bonds is 16. The van der Waals surface area contributed by atoms with Gasteiger partial charge in [0, 0.05) is 44.4 Å². The number of benzene rings is 2. The second-order valence-electron chi connectivity index (χ2n) is 12.4. The van der Waals surface area contributed by atoms with Crippen molar-refractivity contribution in [3.63, 3.8) is 0 Å². The SMILES string of the molecule is COC[C@H]1O[C@H](Oc2ccc(NC(=O)CCN(CCCCCCNC(=O)c3ccccc3)C(=O)OC(C)(C)C)cc2)[C@H](O)[C@@H](O)[C@@H]1O. The van der Waals surface area contributed by atoms with Crippen LogP contribution in [-0.2, 0) is 19.0 Å². The van der Waals surface area contributed by atoms with E-state index in [9.17, 15) is 29.7 Å². The van der Waals surface area contributed by atoms with Crippen molar-refractivity contribution in [1.29, 1.82) is 0 Å². The van der Waals surface area contributed by atoms with Crippen LogP contribution in [0.3, 0.4) is 0 Å². The number of aliphatic hydroxyl groups excluding tert-OH is 3. The number of aliphatic hydroxyl groups is 3. The Kier molecular flexibility index (Phi) is 14.9. The molecule has 0 aromatic heterocycles. The van der Waals surface area contributed by atoms with E-state index in [-0.39, 0.29) is 31.4 Å². The number of carbonyl (C=O) groups is 3. The lowest BCUT2D eigenvalue weighted by Gasteiger charge is -2.39. The monoisotopic (exact) mass is 659 g/mol. The van der Waals surface area contributed by atoms with Crippen LogP contribution in [0.2, 0.25) is 0 Å². The summed E-state index contributed by atoms with van der Waals surface area (Å²) in [7, 11) is 1.42. The van der Waals surface area contributed by atoms with Crippen LogP contribution in [0.5, 0.6) is 5.75 Å². The number of hydrogen-bond acceptors (Lipinski definition) is 10. The number of amides is 3. The summed E-state index contributed by atoms with van der Waals surface area (Å²) in [6.45, 7) is 6.53. The summed E-state index contributed by atoms with van der Waals surface area (Å²) >= 11 is 0. The number of ether oxygens (including phenoxy) is 4. The first-order valence-corrected chi connectivity index (χ1v) is 15.9. The van der Waals surface area contributed by atoms with Crippen molar-refractivity contribution in [3.05, 3.63) is 60.2 Å². The number of nitrogens with zero attached hydrogens (tertiary/aromatic N) is 1. The summed E-state index contributed by atoms with van der Waals surface area (Å²) in [6, 6.07) is 15.4. The highest BCUT2D eigenvalue weighted by atomic mass is 16.7. The molecule has 13 nitrogen and oxygen atoms in total. The maximum atomic E-state index is 12.9. The maximum Gasteiger partial charge on any atom is 0.410 e. The Morgan fingerprint density at radius 1 is 0.872 bits per heavy atom.